The van der Waals surface area contributed by atoms with Gasteiger partial charge in [0.1, 0.15) is 5.60 Å². The minimum atomic E-state index is -0.439. The molecule has 0 aromatic heterocycles. The van der Waals surface area contributed by atoms with E-state index >= 15 is 0 Å². The van der Waals surface area contributed by atoms with Crippen molar-refractivity contribution in [3.05, 3.63) is 0 Å². The molecular weight excluding hydrogens is 256 g/mol. The molecule has 2 heterocycles. The first-order valence-corrected chi connectivity index (χ1v) is 7.75. The molecule has 0 saturated carbocycles. The molecular formula is C15H28N2O3. The molecule has 2 aliphatic rings. The maximum absolute atomic E-state index is 12.2. The van der Waals surface area contributed by atoms with Crippen LogP contribution in [0.25, 0.3) is 0 Å². The van der Waals surface area contributed by atoms with Crippen molar-refractivity contribution in [2.45, 2.75) is 64.1 Å². The molecule has 0 spiro atoms. The molecule has 116 valence electrons. The number of carbonyl (C=O) groups excluding carboxylic acids is 1. The summed E-state index contributed by atoms with van der Waals surface area (Å²) in [5, 5.41) is 9.39. The minimum absolute atomic E-state index is 0.195. The summed E-state index contributed by atoms with van der Waals surface area (Å²) in [7, 11) is 0. The molecule has 2 rings (SSSR count). The average Bonchev–Trinajstić information content (AvgIpc) is 2.96. The van der Waals surface area contributed by atoms with E-state index in [0.717, 1.165) is 45.3 Å². The highest BCUT2D eigenvalue weighted by molar-refractivity contribution is 5.69. The summed E-state index contributed by atoms with van der Waals surface area (Å²) < 4.78 is 5.49. The molecule has 0 bridgehead atoms. The van der Waals surface area contributed by atoms with Crippen LogP contribution in [0, 0.1) is 0 Å². The molecule has 2 fully saturated rings. The SMILES string of the molecule is CC(C)(C)OC(=O)N1CCCC1CN1CCCC1CO. The van der Waals surface area contributed by atoms with Crippen LogP contribution in [0.5, 0.6) is 0 Å². The van der Waals surface area contributed by atoms with E-state index in [4.69, 9.17) is 4.74 Å². The van der Waals surface area contributed by atoms with Gasteiger partial charge in [0.15, 0.2) is 0 Å². The van der Waals surface area contributed by atoms with Crippen molar-refractivity contribution in [1.82, 2.24) is 9.80 Å². The van der Waals surface area contributed by atoms with Gasteiger partial charge in [0.25, 0.3) is 0 Å². The summed E-state index contributed by atoms with van der Waals surface area (Å²) in [6.07, 6.45) is 4.09. The minimum Gasteiger partial charge on any atom is -0.444 e. The Labute approximate surface area is 121 Å². The number of aliphatic hydroxyl groups excluding tert-OH is 1. The fourth-order valence-electron chi connectivity index (χ4n) is 3.20. The van der Waals surface area contributed by atoms with Gasteiger partial charge in [0.05, 0.1) is 6.61 Å². The summed E-state index contributed by atoms with van der Waals surface area (Å²) in [6.45, 7) is 8.61. The van der Waals surface area contributed by atoms with Gasteiger partial charge >= 0.3 is 6.09 Å². The maximum Gasteiger partial charge on any atom is 0.410 e. The first kappa shape index (κ1) is 15.6. The Bertz CT molecular complexity index is 341. The van der Waals surface area contributed by atoms with Gasteiger partial charge in [-0.2, -0.15) is 0 Å². The van der Waals surface area contributed by atoms with E-state index in [-0.39, 0.29) is 24.8 Å². The summed E-state index contributed by atoms with van der Waals surface area (Å²) in [6, 6.07) is 0.507. The van der Waals surface area contributed by atoms with Gasteiger partial charge in [-0.05, 0) is 53.0 Å². The molecule has 0 radical (unpaired) electrons. The van der Waals surface area contributed by atoms with Crippen LogP contribution >= 0.6 is 0 Å². The smallest absolute Gasteiger partial charge is 0.410 e. The third-order valence-electron chi connectivity index (χ3n) is 4.16. The molecule has 2 unspecified atom stereocenters. The van der Waals surface area contributed by atoms with Crippen molar-refractivity contribution in [3.8, 4) is 0 Å². The molecule has 5 heteroatoms. The van der Waals surface area contributed by atoms with Crippen LogP contribution in [0.1, 0.15) is 46.5 Å². The molecule has 20 heavy (non-hydrogen) atoms. The summed E-state index contributed by atoms with van der Waals surface area (Å²) >= 11 is 0. The van der Waals surface area contributed by atoms with Crippen LogP contribution in [0.15, 0.2) is 0 Å². The van der Waals surface area contributed by atoms with Gasteiger partial charge in [-0.3, -0.25) is 4.90 Å². The zero-order valence-electron chi connectivity index (χ0n) is 13.0. The van der Waals surface area contributed by atoms with Crippen molar-refractivity contribution in [2.75, 3.05) is 26.2 Å². The number of rotatable bonds is 3. The zero-order chi connectivity index (χ0) is 14.8. The lowest BCUT2D eigenvalue weighted by atomic mass is 10.2. The van der Waals surface area contributed by atoms with Crippen molar-refractivity contribution in [2.24, 2.45) is 0 Å². The van der Waals surface area contributed by atoms with Gasteiger partial charge < -0.3 is 14.7 Å². The van der Waals surface area contributed by atoms with E-state index in [2.05, 4.69) is 4.90 Å². The molecule has 1 amide bonds. The number of ether oxygens (including phenoxy) is 1. The Balaban J connectivity index is 1.92. The fourth-order valence-corrected chi connectivity index (χ4v) is 3.20. The van der Waals surface area contributed by atoms with Crippen molar-refractivity contribution < 1.29 is 14.6 Å². The third-order valence-corrected chi connectivity index (χ3v) is 4.16. The van der Waals surface area contributed by atoms with Gasteiger partial charge in [0, 0.05) is 25.2 Å². The topological polar surface area (TPSA) is 53.0 Å². The van der Waals surface area contributed by atoms with Crippen molar-refractivity contribution in [3.63, 3.8) is 0 Å². The number of aliphatic hydroxyl groups is 1. The third kappa shape index (κ3) is 3.85. The van der Waals surface area contributed by atoms with Gasteiger partial charge in [-0.25, -0.2) is 4.79 Å². The predicted molar refractivity (Wildman–Crippen MR) is 77.6 cm³/mol. The number of hydrogen-bond donors (Lipinski definition) is 1. The molecule has 2 atom stereocenters. The monoisotopic (exact) mass is 284 g/mol. The standard InChI is InChI=1S/C15H28N2O3/c1-15(2,3)20-14(19)17-9-5-6-12(17)10-16-8-4-7-13(16)11-18/h12-13,18H,4-11H2,1-3H3. The Morgan fingerprint density at radius 2 is 1.85 bits per heavy atom. The number of carbonyl (C=O) groups is 1. The Morgan fingerprint density at radius 3 is 2.50 bits per heavy atom. The van der Waals surface area contributed by atoms with Crippen LogP contribution in [0.4, 0.5) is 4.79 Å². The van der Waals surface area contributed by atoms with Crippen molar-refractivity contribution in [1.29, 1.82) is 0 Å². The van der Waals surface area contributed by atoms with E-state index in [1.165, 1.54) is 0 Å². The second kappa shape index (κ2) is 6.31. The lowest BCUT2D eigenvalue weighted by Gasteiger charge is -2.32. The molecule has 5 nitrogen and oxygen atoms in total. The highest BCUT2D eigenvalue weighted by atomic mass is 16.6. The van der Waals surface area contributed by atoms with Crippen LogP contribution in [0.2, 0.25) is 0 Å². The largest absolute Gasteiger partial charge is 0.444 e. The number of amides is 1. The number of likely N-dealkylation sites (tertiary alicyclic amines) is 2. The number of hydrogen-bond acceptors (Lipinski definition) is 4. The molecule has 2 aliphatic heterocycles. The second-order valence-corrected chi connectivity index (χ2v) is 6.94. The number of nitrogens with zero attached hydrogens (tertiary/aromatic N) is 2. The zero-order valence-corrected chi connectivity index (χ0v) is 13.0. The second-order valence-electron chi connectivity index (χ2n) is 6.94. The average molecular weight is 284 g/mol. The molecule has 0 aliphatic carbocycles. The predicted octanol–water partition coefficient (Wildman–Crippen LogP) is 1.84. The Kier molecular flexibility index (Phi) is 4.91. The highest BCUT2D eigenvalue weighted by Gasteiger charge is 2.35. The van der Waals surface area contributed by atoms with Gasteiger partial charge in [0.2, 0.25) is 0 Å². The highest BCUT2D eigenvalue weighted by Crippen LogP contribution is 2.24. The summed E-state index contributed by atoms with van der Waals surface area (Å²) in [5.41, 5.74) is -0.439. The first-order valence-electron chi connectivity index (χ1n) is 7.75. The van der Waals surface area contributed by atoms with Crippen LogP contribution < -0.4 is 0 Å². The Morgan fingerprint density at radius 1 is 1.20 bits per heavy atom. The Hall–Kier alpha value is -0.810. The molecule has 0 aromatic rings. The van der Waals surface area contributed by atoms with Crippen LogP contribution in [-0.4, -0.2) is 64.9 Å². The molecule has 2 saturated heterocycles. The van der Waals surface area contributed by atoms with Gasteiger partial charge in [-0.15, -0.1) is 0 Å². The molecule has 0 aromatic carbocycles. The first-order chi connectivity index (χ1) is 9.40. The lowest BCUT2D eigenvalue weighted by molar-refractivity contribution is 0.0184. The summed E-state index contributed by atoms with van der Waals surface area (Å²) in [4.78, 5) is 16.4. The van der Waals surface area contributed by atoms with E-state index < -0.39 is 5.60 Å². The van der Waals surface area contributed by atoms with Crippen LogP contribution in [0.3, 0.4) is 0 Å². The van der Waals surface area contributed by atoms with E-state index in [9.17, 15) is 9.90 Å². The van der Waals surface area contributed by atoms with E-state index in [0.29, 0.717) is 0 Å². The van der Waals surface area contributed by atoms with Crippen molar-refractivity contribution >= 4 is 6.09 Å². The van der Waals surface area contributed by atoms with E-state index in [1.807, 2.05) is 25.7 Å². The fraction of sp³-hybridized carbons (Fsp3) is 0.933. The van der Waals surface area contributed by atoms with Gasteiger partial charge in [-0.1, -0.05) is 0 Å². The summed E-state index contributed by atoms with van der Waals surface area (Å²) in [5.74, 6) is 0. The van der Waals surface area contributed by atoms with Crippen LogP contribution in [-0.2, 0) is 4.74 Å². The quantitative estimate of drug-likeness (QED) is 0.859. The van der Waals surface area contributed by atoms with E-state index in [1.54, 1.807) is 0 Å². The lowest BCUT2D eigenvalue weighted by Crippen LogP contribution is -2.46. The maximum atomic E-state index is 12.2. The normalized spacial score (nSPS) is 28.1. The molecule has 1 N–H and O–H groups in total.